The van der Waals surface area contributed by atoms with E-state index in [-0.39, 0.29) is 5.54 Å². The van der Waals surface area contributed by atoms with E-state index < -0.39 is 6.10 Å². The zero-order valence-corrected chi connectivity index (χ0v) is 12.2. The van der Waals surface area contributed by atoms with Gasteiger partial charge in [-0.15, -0.1) is 0 Å². The van der Waals surface area contributed by atoms with Crippen LogP contribution in [0.1, 0.15) is 32.0 Å². The van der Waals surface area contributed by atoms with Crippen molar-refractivity contribution in [3.63, 3.8) is 0 Å². The number of aromatic nitrogens is 1. The lowest BCUT2D eigenvalue weighted by Gasteiger charge is -2.23. The molecule has 0 saturated heterocycles. The molecule has 0 aliphatic rings. The zero-order valence-electron chi connectivity index (χ0n) is 12.2. The molecular formula is C16H21N3O. The molecule has 1 aromatic heterocycles. The molecule has 106 valence electrons. The van der Waals surface area contributed by atoms with Crippen LogP contribution in [0, 0.1) is 11.3 Å². The fourth-order valence-electron chi connectivity index (χ4n) is 2.21. The lowest BCUT2D eigenvalue weighted by Crippen LogP contribution is -2.41. The smallest absolute Gasteiger partial charge is 0.118 e. The molecule has 0 aliphatic carbocycles. The van der Waals surface area contributed by atoms with Crippen molar-refractivity contribution in [3.05, 3.63) is 35.5 Å². The van der Waals surface area contributed by atoms with Gasteiger partial charge in [-0.25, -0.2) is 0 Å². The number of aliphatic hydroxyl groups is 1. The molecule has 20 heavy (non-hydrogen) atoms. The lowest BCUT2D eigenvalue weighted by molar-refractivity contribution is 0.161. The van der Waals surface area contributed by atoms with E-state index in [0.717, 1.165) is 16.5 Å². The van der Waals surface area contributed by atoms with E-state index in [2.05, 4.69) is 37.1 Å². The summed E-state index contributed by atoms with van der Waals surface area (Å²) in [7, 11) is 0. The van der Waals surface area contributed by atoms with E-state index in [4.69, 9.17) is 5.26 Å². The van der Waals surface area contributed by atoms with E-state index in [0.29, 0.717) is 18.7 Å². The minimum Gasteiger partial charge on any atom is -0.391 e. The van der Waals surface area contributed by atoms with Crippen LogP contribution in [0.3, 0.4) is 0 Å². The van der Waals surface area contributed by atoms with Gasteiger partial charge in [0.05, 0.1) is 6.10 Å². The first-order valence-corrected chi connectivity index (χ1v) is 6.83. The zero-order chi connectivity index (χ0) is 14.8. The predicted octanol–water partition coefficient (Wildman–Crippen LogP) is 2.33. The molecule has 0 saturated carbocycles. The van der Waals surface area contributed by atoms with Gasteiger partial charge in [-0.2, -0.15) is 5.26 Å². The highest BCUT2D eigenvalue weighted by atomic mass is 16.3. The molecular weight excluding hydrogens is 250 g/mol. The molecule has 0 radical (unpaired) electrons. The summed E-state index contributed by atoms with van der Waals surface area (Å²) in [4.78, 5) is 3.06. The number of H-pyrrole nitrogens is 1. The number of aliphatic hydroxyl groups excluding tert-OH is 1. The third kappa shape index (κ3) is 3.60. The summed E-state index contributed by atoms with van der Waals surface area (Å²) in [5, 5.41) is 23.4. The largest absolute Gasteiger partial charge is 0.391 e. The van der Waals surface area contributed by atoms with Crippen LogP contribution >= 0.6 is 0 Å². The number of hydrogen-bond acceptors (Lipinski definition) is 3. The van der Waals surface area contributed by atoms with Crippen molar-refractivity contribution in [1.82, 2.24) is 10.3 Å². The van der Waals surface area contributed by atoms with Crippen LogP contribution in [0.4, 0.5) is 0 Å². The van der Waals surface area contributed by atoms with E-state index in [1.807, 2.05) is 24.3 Å². The number of nitrogens with zero attached hydrogens (tertiary/aromatic N) is 1. The fraction of sp³-hybridized carbons (Fsp3) is 0.438. The van der Waals surface area contributed by atoms with Crippen molar-refractivity contribution < 1.29 is 5.11 Å². The summed E-state index contributed by atoms with van der Waals surface area (Å²) in [6.45, 7) is 6.78. The SMILES string of the molecule is CC(C)(C)NCC(O)Cc1cccc2[nH]c(C#N)cc12. The Balaban J connectivity index is 2.13. The molecule has 2 aromatic rings. The monoisotopic (exact) mass is 271 g/mol. The average molecular weight is 271 g/mol. The van der Waals surface area contributed by atoms with E-state index in [9.17, 15) is 5.11 Å². The predicted molar refractivity (Wildman–Crippen MR) is 80.5 cm³/mol. The molecule has 1 heterocycles. The van der Waals surface area contributed by atoms with Crippen molar-refractivity contribution in [2.24, 2.45) is 0 Å². The second-order valence-electron chi connectivity index (χ2n) is 6.16. The van der Waals surface area contributed by atoms with Gasteiger partial charge < -0.3 is 15.4 Å². The summed E-state index contributed by atoms with van der Waals surface area (Å²) >= 11 is 0. The summed E-state index contributed by atoms with van der Waals surface area (Å²) in [6.07, 6.45) is 0.128. The van der Waals surface area contributed by atoms with Gasteiger partial charge in [0.1, 0.15) is 11.8 Å². The molecule has 0 spiro atoms. The summed E-state index contributed by atoms with van der Waals surface area (Å²) in [5.41, 5.74) is 2.54. The second kappa shape index (κ2) is 5.66. The summed E-state index contributed by atoms with van der Waals surface area (Å²) in [6, 6.07) is 9.84. The van der Waals surface area contributed by atoms with Gasteiger partial charge in [0.25, 0.3) is 0 Å². The van der Waals surface area contributed by atoms with Crippen LogP contribution in [0.15, 0.2) is 24.3 Å². The number of β-amino-alcohol motifs (C(OH)–C–C–N with tert-alkyl or cyclic N) is 1. The summed E-state index contributed by atoms with van der Waals surface area (Å²) in [5.74, 6) is 0. The highest BCUT2D eigenvalue weighted by Crippen LogP contribution is 2.21. The molecule has 1 atom stereocenters. The Labute approximate surface area is 119 Å². The van der Waals surface area contributed by atoms with Crippen LogP contribution in [-0.2, 0) is 6.42 Å². The second-order valence-corrected chi connectivity index (χ2v) is 6.16. The van der Waals surface area contributed by atoms with E-state index in [1.165, 1.54) is 0 Å². The highest BCUT2D eigenvalue weighted by Gasteiger charge is 2.14. The van der Waals surface area contributed by atoms with Gasteiger partial charge in [0, 0.05) is 29.4 Å². The molecule has 4 heteroatoms. The minimum atomic E-state index is -0.444. The van der Waals surface area contributed by atoms with Crippen LogP contribution < -0.4 is 5.32 Å². The maximum Gasteiger partial charge on any atom is 0.118 e. The Morgan fingerprint density at radius 3 is 2.80 bits per heavy atom. The van der Waals surface area contributed by atoms with Gasteiger partial charge in [0.2, 0.25) is 0 Å². The van der Waals surface area contributed by atoms with Crippen molar-refractivity contribution in [2.45, 2.75) is 38.8 Å². The van der Waals surface area contributed by atoms with Crippen LogP contribution in [0.25, 0.3) is 10.9 Å². The Morgan fingerprint density at radius 1 is 1.40 bits per heavy atom. The van der Waals surface area contributed by atoms with Crippen molar-refractivity contribution in [1.29, 1.82) is 5.26 Å². The molecule has 0 aliphatic heterocycles. The number of nitrogens with one attached hydrogen (secondary N) is 2. The molecule has 0 fully saturated rings. The van der Waals surface area contributed by atoms with E-state index in [1.54, 1.807) is 0 Å². The minimum absolute atomic E-state index is 0.00491. The highest BCUT2D eigenvalue weighted by molar-refractivity contribution is 5.84. The number of rotatable bonds is 4. The maximum absolute atomic E-state index is 10.2. The normalized spacial score (nSPS) is 13.3. The summed E-state index contributed by atoms with van der Waals surface area (Å²) < 4.78 is 0. The van der Waals surface area contributed by atoms with Crippen molar-refractivity contribution in [3.8, 4) is 6.07 Å². The first-order chi connectivity index (χ1) is 9.39. The number of nitriles is 1. The van der Waals surface area contributed by atoms with Crippen LogP contribution in [-0.4, -0.2) is 28.3 Å². The molecule has 3 N–H and O–H groups in total. The van der Waals surface area contributed by atoms with Crippen molar-refractivity contribution >= 4 is 10.9 Å². The molecule has 1 unspecified atom stereocenters. The van der Waals surface area contributed by atoms with Gasteiger partial charge in [0.15, 0.2) is 0 Å². The average Bonchev–Trinajstić information content (AvgIpc) is 2.80. The Bertz CT molecular complexity index is 631. The fourth-order valence-corrected chi connectivity index (χ4v) is 2.21. The maximum atomic E-state index is 10.2. The number of hydrogen-bond donors (Lipinski definition) is 3. The lowest BCUT2D eigenvalue weighted by atomic mass is 10.0. The topological polar surface area (TPSA) is 71.8 Å². The number of benzene rings is 1. The van der Waals surface area contributed by atoms with Gasteiger partial charge in [-0.1, -0.05) is 12.1 Å². The Hall–Kier alpha value is -1.83. The standard InChI is InChI=1S/C16H21N3O/c1-16(2,3)18-10-13(20)7-11-5-4-6-15-14(11)8-12(9-17)19-15/h4-6,8,13,18-20H,7,10H2,1-3H3. The van der Waals surface area contributed by atoms with Gasteiger partial charge in [-0.05, 0) is 38.5 Å². The first-order valence-electron chi connectivity index (χ1n) is 6.83. The molecule has 4 nitrogen and oxygen atoms in total. The molecule has 2 rings (SSSR count). The number of fused-ring (bicyclic) bond motifs is 1. The first kappa shape index (κ1) is 14.6. The quantitative estimate of drug-likeness (QED) is 0.799. The van der Waals surface area contributed by atoms with Gasteiger partial charge in [-0.3, -0.25) is 0 Å². The molecule has 1 aromatic carbocycles. The van der Waals surface area contributed by atoms with Crippen molar-refractivity contribution in [2.75, 3.05) is 6.54 Å². The molecule has 0 amide bonds. The third-order valence-corrected chi connectivity index (χ3v) is 3.20. The third-order valence-electron chi connectivity index (χ3n) is 3.20. The Kier molecular flexibility index (Phi) is 4.12. The van der Waals surface area contributed by atoms with E-state index >= 15 is 0 Å². The molecule has 0 bridgehead atoms. The van der Waals surface area contributed by atoms with Crippen LogP contribution in [0.5, 0.6) is 0 Å². The van der Waals surface area contributed by atoms with Crippen LogP contribution in [0.2, 0.25) is 0 Å². The van der Waals surface area contributed by atoms with Gasteiger partial charge >= 0.3 is 0 Å². The number of aromatic amines is 1. The Morgan fingerprint density at radius 2 is 2.15 bits per heavy atom.